The third-order valence-electron chi connectivity index (χ3n) is 3.30. The molecule has 1 fully saturated rings. The number of carboxylic acids is 1. The lowest BCUT2D eigenvalue weighted by Gasteiger charge is -2.30. The van der Waals surface area contributed by atoms with Crippen LogP contribution in [0.3, 0.4) is 0 Å². The van der Waals surface area contributed by atoms with Crippen molar-refractivity contribution in [2.45, 2.75) is 51.4 Å². The van der Waals surface area contributed by atoms with Crippen LogP contribution in [-0.4, -0.2) is 11.1 Å². The molecule has 1 rings (SSSR count). The van der Waals surface area contributed by atoms with Gasteiger partial charge in [-0.05, 0) is 19.3 Å². The number of carboxylic acid groups (broad SMARTS) is 1. The Hall–Kier alpha value is -0.790. The van der Waals surface area contributed by atoms with E-state index in [9.17, 15) is 9.90 Å². The van der Waals surface area contributed by atoms with Gasteiger partial charge in [0.1, 0.15) is 0 Å². The Bertz CT molecular complexity index is 200. The standard InChI is InChI=1S/C12H20O2/c1-2-8-12(11(13)14)9-6-4-3-5-7-10-12/h2H,1,3-10H2,(H,13,14). The Morgan fingerprint density at radius 2 is 1.71 bits per heavy atom. The van der Waals surface area contributed by atoms with E-state index in [1.165, 1.54) is 19.3 Å². The molecule has 14 heavy (non-hydrogen) atoms. The molecule has 2 nitrogen and oxygen atoms in total. The molecule has 0 amide bonds. The summed E-state index contributed by atoms with van der Waals surface area (Å²) >= 11 is 0. The molecule has 1 saturated carbocycles. The maximum atomic E-state index is 11.3. The number of aliphatic carboxylic acids is 1. The molecule has 1 N–H and O–H groups in total. The first kappa shape index (κ1) is 11.3. The van der Waals surface area contributed by atoms with Gasteiger partial charge in [-0.25, -0.2) is 0 Å². The van der Waals surface area contributed by atoms with Gasteiger partial charge in [0.05, 0.1) is 5.41 Å². The topological polar surface area (TPSA) is 37.3 Å². The molecular formula is C12H20O2. The van der Waals surface area contributed by atoms with Crippen molar-refractivity contribution in [1.29, 1.82) is 0 Å². The lowest BCUT2D eigenvalue weighted by atomic mass is 9.74. The van der Waals surface area contributed by atoms with Crippen LogP contribution in [-0.2, 0) is 4.79 Å². The molecule has 0 bridgehead atoms. The van der Waals surface area contributed by atoms with Gasteiger partial charge in [-0.1, -0.05) is 38.2 Å². The minimum atomic E-state index is -0.626. The quantitative estimate of drug-likeness (QED) is 0.702. The molecule has 0 aromatic rings. The summed E-state index contributed by atoms with van der Waals surface area (Å²) in [6.45, 7) is 3.67. The van der Waals surface area contributed by atoms with Crippen LogP contribution < -0.4 is 0 Å². The lowest BCUT2D eigenvalue weighted by molar-refractivity contribution is -0.150. The number of allylic oxidation sites excluding steroid dienone is 1. The fraction of sp³-hybridized carbons (Fsp3) is 0.750. The van der Waals surface area contributed by atoms with Crippen molar-refractivity contribution in [2.24, 2.45) is 5.41 Å². The van der Waals surface area contributed by atoms with Gasteiger partial charge in [0.25, 0.3) is 0 Å². The van der Waals surface area contributed by atoms with Crippen LogP contribution in [0.1, 0.15) is 51.4 Å². The Kier molecular flexibility index (Phi) is 4.18. The monoisotopic (exact) mass is 196 g/mol. The fourth-order valence-electron chi connectivity index (χ4n) is 2.36. The first-order chi connectivity index (χ1) is 6.71. The summed E-state index contributed by atoms with van der Waals surface area (Å²) in [5.74, 6) is -0.626. The van der Waals surface area contributed by atoms with Crippen LogP contribution in [0.2, 0.25) is 0 Å². The van der Waals surface area contributed by atoms with Gasteiger partial charge in [-0.2, -0.15) is 0 Å². The molecule has 1 aliphatic carbocycles. The Balaban J connectivity index is 2.70. The third-order valence-corrected chi connectivity index (χ3v) is 3.30. The molecule has 1 aliphatic rings. The van der Waals surface area contributed by atoms with Gasteiger partial charge in [0, 0.05) is 0 Å². The van der Waals surface area contributed by atoms with Crippen LogP contribution in [0.4, 0.5) is 0 Å². The van der Waals surface area contributed by atoms with Gasteiger partial charge in [-0.15, -0.1) is 6.58 Å². The van der Waals surface area contributed by atoms with E-state index in [-0.39, 0.29) is 0 Å². The molecule has 0 unspecified atom stereocenters. The second-order valence-electron chi connectivity index (χ2n) is 4.35. The van der Waals surface area contributed by atoms with E-state index >= 15 is 0 Å². The van der Waals surface area contributed by atoms with Crippen molar-refractivity contribution >= 4 is 5.97 Å². The summed E-state index contributed by atoms with van der Waals surface area (Å²) in [5.41, 5.74) is -0.498. The zero-order chi connectivity index (χ0) is 10.4. The maximum Gasteiger partial charge on any atom is 0.309 e. The predicted molar refractivity (Wildman–Crippen MR) is 57.2 cm³/mol. The van der Waals surface area contributed by atoms with Gasteiger partial charge in [-0.3, -0.25) is 4.79 Å². The summed E-state index contributed by atoms with van der Waals surface area (Å²) in [6, 6.07) is 0. The van der Waals surface area contributed by atoms with Crippen LogP contribution >= 0.6 is 0 Å². The molecular weight excluding hydrogens is 176 g/mol. The van der Waals surface area contributed by atoms with Crippen LogP contribution in [0.15, 0.2) is 12.7 Å². The van der Waals surface area contributed by atoms with Crippen molar-refractivity contribution < 1.29 is 9.90 Å². The summed E-state index contributed by atoms with van der Waals surface area (Å²) in [5, 5.41) is 9.29. The van der Waals surface area contributed by atoms with E-state index in [2.05, 4.69) is 6.58 Å². The molecule has 0 atom stereocenters. The predicted octanol–water partition coefficient (Wildman–Crippen LogP) is 3.38. The summed E-state index contributed by atoms with van der Waals surface area (Å²) in [4.78, 5) is 11.3. The first-order valence-electron chi connectivity index (χ1n) is 5.55. The van der Waals surface area contributed by atoms with Crippen molar-refractivity contribution in [3.8, 4) is 0 Å². The molecule has 0 saturated heterocycles. The van der Waals surface area contributed by atoms with Crippen LogP contribution in [0.25, 0.3) is 0 Å². The van der Waals surface area contributed by atoms with Gasteiger partial charge in [0.2, 0.25) is 0 Å². The van der Waals surface area contributed by atoms with Gasteiger partial charge in [0.15, 0.2) is 0 Å². The average molecular weight is 196 g/mol. The smallest absolute Gasteiger partial charge is 0.309 e. The van der Waals surface area contributed by atoms with E-state index in [1.807, 2.05) is 0 Å². The summed E-state index contributed by atoms with van der Waals surface area (Å²) in [6.07, 6.45) is 9.79. The minimum absolute atomic E-state index is 0.498. The summed E-state index contributed by atoms with van der Waals surface area (Å²) < 4.78 is 0. The van der Waals surface area contributed by atoms with Crippen molar-refractivity contribution in [2.75, 3.05) is 0 Å². The molecule has 0 aromatic carbocycles. The average Bonchev–Trinajstić information content (AvgIpc) is 2.09. The maximum absolute atomic E-state index is 11.3. The van der Waals surface area contributed by atoms with E-state index in [0.29, 0.717) is 6.42 Å². The number of hydrogen-bond donors (Lipinski definition) is 1. The minimum Gasteiger partial charge on any atom is -0.481 e. The normalized spacial score (nSPS) is 22.0. The molecule has 0 spiro atoms. The molecule has 80 valence electrons. The Morgan fingerprint density at radius 1 is 1.21 bits per heavy atom. The second kappa shape index (κ2) is 5.18. The molecule has 0 aromatic heterocycles. The lowest BCUT2D eigenvalue weighted by Crippen LogP contribution is -2.31. The number of rotatable bonds is 3. The van der Waals surface area contributed by atoms with Crippen LogP contribution in [0, 0.1) is 5.41 Å². The van der Waals surface area contributed by atoms with Crippen molar-refractivity contribution in [3.63, 3.8) is 0 Å². The Morgan fingerprint density at radius 3 is 2.14 bits per heavy atom. The van der Waals surface area contributed by atoms with E-state index < -0.39 is 11.4 Å². The zero-order valence-electron chi connectivity index (χ0n) is 8.80. The molecule has 0 radical (unpaired) electrons. The van der Waals surface area contributed by atoms with Crippen molar-refractivity contribution in [3.05, 3.63) is 12.7 Å². The largest absolute Gasteiger partial charge is 0.481 e. The molecule has 2 heteroatoms. The summed E-state index contributed by atoms with van der Waals surface area (Å²) in [7, 11) is 0. The fourth-order valence-corrected chi connectivity index (χ4v) is 2.36. The van der Waals surface area contributed by atoms with Crippen LogP contribution in [0.5, 0.6) is 0 Å². The van der Waals surface area contributed by atoms with Gasteiger partial charge >= 0.3 is 5.97 Å². The number of hydrogen-bond acceptors (Lipinski definition) is 1. The molecule has 0 aliphatic heterocycles. The highest BCUT2D eigenvalue weighted by Crippen LogP contribution is 2.37. The SMILES string of the molecule is C=CCC1(C(=O)O)CCCCCCC1. The highest BCUT2D eigenvalue weighted by molar-refractivity contribution is 5.74. The zero-order valence-corrected chi connectivity index (χ0v) is 8.80. The first-order valence-corrected chi connectivity index (χ1v) is 5.55. The van der Waals surface area contributed by atoms with Crippen molar-refractivity contribution in [1.82, 2.24) is 0 Å². The second-order valence-corrected chi connectivity index (χ2v) is 4.35. The Labute approximate surface area is 86.0 Å². The van der Waals surface area contributed by atoms with E-state index in [4.69, 9.17) is 0 Å². The third kappa shape index (κ3) is 2.60. The molecule has 0 heterocycles. The highest BCUT2D eigenvalue weighted by atomic mass is 16.4. The highest BCUT2D eigenvalue weighted by Gasteiger charge is 2.36. The van der Waals surface area contributed by atoms with E-state index in [1.54, 1.807) is 6.08 Å². The number of carbonyl (C=O) groups is 1. The van der Waals surface area contributed by atoms with E-state index in [0.717, 1.165) is 25.7 Å². The van der Waals surface area contributed by atoms with Gasteiger partial charge < -0.3 is 5.11 Å².